The van der Waals surface area contributed by atoms with Crippen molar-refractivity contribution in [1.82, 2.24) is 4.90 Å². The van der Waals surface area contributed by atoms with Gasteiger partial charge in [0.25, 0.3) is 5.91 Å². The van der Waals surface area contributed by atoms with E-state index in [0.717, 1.165) is 5.56 Å². The summed E-state index contributed by atoms with van der Waals surface area (Å²) in [6.45, 7) is -2.84. The number of carbonyl (C=O) groups is 2. The molecule has 0 spiro atoms. The summed E-state index contributed by atoms with van der Waals surface area (Å²) < 4.78 is 29.5. The quantitative estimate of drug-likeness (QED) is 0.888. The Labute approximate surface area is 148 Å². The van der Waals surface area contributed by atoms with Crippen LogP contribution in [0.4, 0.5) is 8.78 Å². The molecule has 5 nitrogen and oxygen atoms in total. The summed E-state index contributed by atoms with van der Waals surface area (Å²) in [5, 5.41) is 9.53. The molecule has 0 aromatic heterocycles. The van der Waals surface area contributed by atoms with Crippen LogP contribution in [0.15, 0.2) is 54.6 Å². The summed E-state index contributed by atoms with van der Waals surface area (Å²) >= 11 is 0. The van der Waals surface area contributed by atoms with E-state index in [-0.39, 0.29) is 30.3 Å². The third-order valence-electron chi connectivity index (χ3n) is 4.49. The molecule has 1 aliphatic rings. The molecule has 1 amide bonds. The predicted molar refractivity (Wildman–Crippen MR) is 89.3 cm³/mol. The first kappa shape index (κ1) is 17.8. The number of para-hydroxylation sites is 1. The molecule has 3 rings (SSSR count). The summed E-state index contributed by atoms with van der Waals surface area (Å²) in [6, 6.07) is 14.8. The Hall–Kier alpha value is -2.96. The molecule has 1 aliphatic heterocycles. The van der Waals surface area contributed by atoms with E-state index < -0.39 is 24.4 Å². The van der Waals surface area contributed by atoms with Gasteiger partial charge in [-0.15, -0.1) is 0 Å². The van der Waals surface area contributed by atoms with Gasteiger partial charge in [-0.3, -0.25) is 9.59 Å². The number of carboxylic acid groups (broad SMARTS) is 1. The minimum atomic E-state index is -3.05. The highest BCUT2D eigenvalue weighted by Crippen LogP contribution is 2.34. The molecule has 1 heterocycles. The van der Waals surface area contributed by atoms with Crippen molar-refractivity contribution in [2.24, 2.45) is 5.92 Å². The molecule has 0 aliphatic carbocycles. The van der Waals surface area contributed by atoms with Crippen LogP contribution in [0.25, 0.3) is 0 Å². The number of halogens is 2. The van der Waals surface area contributed by atoms with Gasteiger partial charge in [-0.1, -0.05) is 42.5 Å². The van der Waals surface area contributed by atoms with Crippen LogP contribution in [0.3, 0.4) is 0 Å². The molecule has 1 fully saturated rings. The van der Waals surface area contributed by atoms with E-state index in [2.05, 4.69) is 4.74 Å². The lowest BCUT2D eigenvalue weighted by molar-refractivity contribution is -0.141. The van der Waals surface area contributed by atoms with E-state index >= 15 is 0 Å². The first-order valence-electron chi connectivity index (χ1n) is 8.08. The predicted octanol–water partition coefficient (Wildman–Crippen LogP) is 3.23. The Bertz CT molecular complexity index is 797. The molecule has 2 atom stereocenters. The summed E-state index contributed by atoms with van der Waals surface area (Å²) in [4.78, 5) is 25.8. The number of aliphatic carboxylic acids is 1. The van der Waals surface area contributed by atoms with Gasteiger partial charge >= 0.3 is 12.6 Å². The van der Waals surface area contributed by atoms with Crippen LogP contribution in [0, 0.1) is 5.92 Å². The van der Waals surface area contributed by atoms with E-state index in [1.165, 1.54) is 23.1 Å². The van der Waals surface area contributed by atoms with E-state index in [1.807, 2.05) is 30.3 Å². The van der Waals surface area contributed by atoms with Gasteiger partial charge in [0.05, 0.1) is 11.5 Å². The number of rotatable bonds is 5. The lowest BCUT2D eigenvalue weighted by atomic mass is 9.89. The molecule has 2 unspecified atom stereocenters. The molecule has 7 heteroatoms. The standard InChI is InChI=1S/C19H17F2NO4/c20-19(21)26-16-9-5-4-8-13(16)17(23)22-10-14(15(11-22)18(24)25)12-6-2-1-3-7-12/h1-9,14-15,19H,10-11H2,(H,24,25). The summed E-state index contributed by atoms with van der Waals surface area (Å²) in [7, 11) is 0. The molecule has 1 saturated heterocycles. The molecule has 1 N–H and O–H groups in total. The normalized spacial score (nSPS) is 19.6. The Kier molecular flexibility index (Phi) is 5.16. The lowest BCUT2D eigenvalue weighted by Crippen LogP contribution is -2.30. The largest absolute Gasteiger partial charge is 0.481 e. The van der Waals surface area contributed by atoms with Gasteiger partial charge in [-0.05, 0) is 17.7 Å². The Morgan fingerprint density at radius 3 is 2.35 bits per heavy atom. The van der Waals surface area contributed by atoms with Gasteiger partial charge in [0.2, 0.25) is 0 Å². The number of alkyl halides is 2. The van der Waals surface area contributed by atoms with Gasteiger partial charge < -0.3 is 14.7 Å². The molecule has 0 saturated carbocycles. The van der Waals surface area contributed by atoms with Gasteiger partial charge in [0.15, 0.2) is 0 Å². The molecular formula is C19H17F2NO4. The molecule has 26 heavy (non-hydrogen) atoms. The number of hydrogen-bond donors (Lipinski definition) is 1. The monoisotopic (exact) mass is 361 g/mol. The second kappa shape index (κ2) is 7.51. The molecule has 0 radical (unpaired) electrons. The van der Waals surface area contributed by atoms with Crippen LogP contribution in [-0.2, 0) is 4.79 Å². The van der Waals surface area contributed by atoms with Crippen molar-refractivity contribution in [1.29, 1.82) is 0 Å². The number of carbonyl (C=O) groups excluding carboxylic acids is 1. The van der Waals surface area contributed by atoms with E-state index in [0.29, 0.717) is 0 Å². The third kappa shape index (κ3) is 3.66. The van der Waals surface area contributed by atoms with Crippen molar-refractivity contribution in [3.05, 3.63) is 65.7 Å². The number of ether oxygens (including phenoxy) is 1. The van der Waals surface area contributed by atoms with Crippen molar-refractivity contribution in [3.63, 3.8) is 0 Å². The van der Waals surface area contributed by atoms with Crippen molar-refractivity contribution in [2.45, 2.75) is 12.5 Å². The Morgan fingerprint density at radius 1 is 1.04 bits per heavy atom. The number of hydrogen-bond acceptors (Lipinski definition) is 3. The molecular weight excluding hydrogens is 344 g/mol. The highest BCUT2D eigenvalue weighted by Gasteiger charge is 2.41. The lowest BCUT2D eigenvalue weighted by Gasteiger charge is -2.18. The topological polar surface area (TPSA) is 66.8 Å². The van der Waals surface area contributed by atoms with Crippen LogP contribution in [-0.4, -0.2) is 41.6 Å². The van der Waals surface area contributed by atoms with Crippen LogP contribution in [0.1, 0.15) is 21.8 Å². The zero-order valence-corrected chi connectivity index (χ0v) is 13.7. The number of nitrogens with zero attached hydrogens (tertiary/aromatic N) is 1. The van der Waals surface area contributed by atoms with Crippen molar-refractivity contribution >= 4 is 11.9 Å². The summed E-state index contributed by atoms with van der Waals surface area (Å²) in [6.07, 6.45) is 0. The van der Waals surface area contributed by atoms with Gasteiger partial charge in [0.1, 0.15) is 5.75 Å². The average Bonchev–Trinajstić information content (AvgIpc) is 3.07. The zero-order chi connectivity index (χ0) is 18.7. The maximum absolute atomic E-state index is 12.8. The number of amides is 1. The van der Waals surface area contributed by atoms with E-state index in [9.17, 15) is 23.5 Å². The molecule has 136 valence electrons. The fraction of sp³-hybridized carbons (Fsp3) is 0.263. The highest BCUT2D eigenvalue weighted by molar-refractivity contribution is 5.97. The highest BCUT2D eigenvalue weighted by atomic mass is 19.3. The van der Waals surface area contributed by atoms with Gasteiger partial charge in [-0.2, -0.15) is 8.78 Å². The van der Waals surface area contributed by atoms with Crippen LogP contribution in [0.2, 0.25) is 0 Å². The number of benzene rings is 2. The maximum Gasteiger partial charge on any atom is 0.387 e. The van der Waals surface area contributed by atoms with Crippen LogP contribution < -0.4 is 4.74 Å². The first-order valence-corrected chi connectivity index (χ1v) is 8.08. The summed E-state index contributed by atoms with van der Waals surface area (Å²) in [5.74, 6) is -2.86. The van der Waals surface area contributed by atoms with Gasteiger partial charge in [0, 0.05) is 19.0 Å². The third-order valence-corrected chi connectivity index (χ3v) is 4.49. The van der Waals surface area contributed by atoms with Crippen molar-refractivity contribution < 1.29 is 28.2 Å². The minimum Gasteiger partial charge on any atom is -0.481 e. The SMILES string of the molecule is O=C(O)C1CN(C(=O)c2ccccc2OC(F)F)CC1c1ccccc1. The molecule has 2 aromatic carbocycles. The van der Waals surface area contributed by atoms with Crippen LogP contribution in [0.5, 0.6) is 5.75 Å². The van der Waals surface area contributed by atoms with Crippen molar-refractivity contribution in [3.8, 4) is 5.75 Å². The summed E-state index contributed by atoms with van der Waals surface area (Å²) in [5.41, 5.74) is 0.818. The Balaban J connectivity index is 1.86. The van der Waals surface area contributed by atoms with E-state index in [4.69, 9.17) is 0 Å². The second-order valence-electron chi connectivity index (χ2n) is 6.05. The second-order valence-corrected chi connectivity index (χ2v) is 6.05. The number of carboxylic acids is 1. The fourth-order valence-electron chi connectivity index (χ4n) is 3.27. The van der Waals surface area contributed by atoms with Crippen molar-refractivity contribution in [2.75, 3.05) is 13.1 Å². The number of likely N-dealkylation sites (tertiary alicyclic amines) is 1. The minimum absolute atomic E-state index is 0.00866. The smallest absolute Gasteiger partial charge is 0.387 e. The molecule has 0 bridgehead atoms. The fourth-order valence-corrected chi connectivity index (χ4v) is 3.27. The molecule has 2 aromatic rings. The zero-order valence-electron chi connectivity index (χ0n) is 13.7. The average molecular weight is 361 g/mol. The van der Waals surface area contributed by atoms with E-state index in [1.54, 1.807) is 6.07 Å². The Morgan fingerprint density at radius 2 is 1.69 bits per heavy atom. The maximum atomic E-state index is 12.8. The first-order chi connectivity index (χ1) is 12.5. The van der Waals surface area contributed by atoms with Gasteiger partial charge in [-0.25, -0.2) is 0 Å². The van der Waals surface area contributed by atoms with Crippen LogP contribution >= 0.6 is 0 Å².